The molecule has 9 nitrogen and oxygen atoms in total. The summed E-state index contributed by atoms with van der Waals surface area (Å²) in [4.78, 5) is 27.0. The van der Waals surface area contributed by atoms with Crippen LogP contribution >= 0.6 is 0 Å². The highest BCUT2D eigenvalue weighted by molar-refractivity contribution is 5.97. The first-order chi connectivity index (χ1) is 12.5. The molecule has 0 spiro atoms. The molecule has 0 atom stereocenters. The number of aliphatic imine (C=N–C) groups is 1. The normalized spacial score (nSPS) is 10.8. The predicted octanol–water partition coefficient (Wildman–Crippen LogP) is 0.417. The van der Waals surface area contributed by atoms with Gasteiger partial charge in [0.2, 0.25) is 5.91 Å². The van der Waals surface area contributed by atoms with Gasteiger partial charge in [0.05, 0.1) is 13.0 Å². The van der Waals surface area contributed by atoms with Crippen molar-refractivity contribution >= 4 is 29.4 Å². The molecule has 142 valence electrons. The molecule has 6 N–H and O–H groups in total. The second-order valence-electron chi connectivity index (χ2n) is 5.27. The number of benzene rings is 1. The van der Waals surface area contributed by atoms with Crippen LogP contribution in [0.3, 0.4) is 0 Å². The summed E-state index contributed by atoms with van der Waals surface area (Å²) < 4.78 is 4.78. The highest BCUT2D eigenvalue weighted by Crippen LogP contribution is 2.08. The van der Waals surface area contributed by atoms with Crippen molar-refractivity contribution in [2.24, 2.45) is 10.7 Å². The summed E-state index contributed by atoms with van der Waals surface area (Å²) in [6.07, 6.45) is 0.402. The third-order valence-electron chi connectivity index (χ3n) is 3.28. The third kappa shape index (κ3) is 8.13. The number of amides is 1. The van der Waals surface area contributed by atoms with Gasteiger partial charge in [0, 0.05) is 37.8 Å². The van der Waals surface area contributed by atoms with Gasteiger partial charge in [-0.3, -0.25) is 20.0 Å². The van der Waals surface area contributed by atoms with Gasteiger partial charge in [0.15, 0.2) is 5.96 Å². The fraction of sp³-hybridized carbons (Fsp3) is 0.412. The van der Waals surface area contributed by atoms with Crippen LogP contribution in [0.15, 0.2) is 29.3 Å². The van der Waals surface area contributed by atoms with Gasteiger partial charge < -0.3 is 26.4 Å². The van der Waals surface area contributed by atoms with Crippen LogP contribution < -0.4 is 21.7 Å². The lowest BCUT2D eigenvalue weighted by atomic mass is 10.2. The van der Waals surface area contributed by atoms with Crippen molar-refractivity contribution in [3.8, 4) is 0 Å². The van der Waals surface area contributed by atoms with Gasteiger partial charge in [-0.25, -0.2) is 0 Å². The number of carbonyl (C=O) groups excluding carboxylic acids is 2. The molecular formula is C17H26N6O3. The van der Waals surface area contributed by atoms with E-state index in [2.05, 4.69) is 20.9 Å². The Morgan fingerprint density at radius 3 is 2.38 bits per heavy atom. The monoisotopic (exact) mass is 362 g/mol. The number of nitrogens with zero attached hydrogens (tertiary/aromatic N) is 1. The molecule has 1 rings (SSSR count). The van der Waals surface area contributed by atoms with Crippen molar-refractivity contribution in [2.75, 3.05) is 32.1 Å². The van der Waals surface area contributed by atoms with Crippen molar-refractivity contribution in [3.63, 3.8) is 0 Å². The lowest BCUT2D eigenvalue weighted by Gasteiger charge is -2.12. The van der Waals surface area contributed by atoms with Crippen LogP contribution in [0.1, 0.15) is 25.3 Å². The largest absolute Gasteiger partial charge is 0.466 e. The molecule has 0 aliphatic heterocycles. The Labute approximate surface area is 152 Å². The highest BCUT2D eigenvalue weighted by Gasteiger charge is 2.06. The average Bonchev–Trinajstić information content (AvgIpc) is 2.61. The first-order valence-electron chi connectivity index (χ1n) is 8.30. The first kappa shape index (κ1) is 20.9. The van der Waals surface area contributed by atoms with Crippen molar-refractivity contribution in [1.82, 2.24) is 10.6 Å². The third-order valence-corrected chi connectivity index (χ3v) is 3.28. The van der Waals surface area contributed by atoms with Crippen molar-refractivity contribution in [2.45, 2.75) is 19.8 Å². The molecule has 0 aliphatic carbocycles. The van der Waals surface area contributed by atoms with E-state index < -0.39 is 0 Å². The number of nitrogens with two attached hydrogens (primary N) is 1. The fourth-order valence-corrected chi connectivity index (χ4v) is 1.97. The fourth-order valence-electron chi connectivity index (χ4n) is 1.97. The molecule has 0 fully saturated rings. The van der Waals surface area contributed by atoms with Crippen LogP contribution in [0.2, 0.25) is 0 Å². The van der Waals surface area contributed by atoms with E-state index in [1.165, 1.54) is 0 Å². The van der Waals surface area contributed by atoms with Gasteiger partial charge in [0.25, 0.3) is 0 Å². The molecule has 9 heteroatoms. The maximum Gasteiger partial charge on any atom is 0.307 e. The summed E-state index contributed by atoms with van der Waals surface area (Å²) in [5.74, 6) is 0.0299. The molecule has 0 heterocycles. The van der Waals surface area contributed by atoms with E-state index in [9.17, 15) is 9.59 Å². The van der Waals surface area contributed by atoms with E-state index >= 15 is 0 Å². The summed E-state index contributed by atoms with van der Waals surface area (Å²) in [7, 11) is 1.62. The minimum absolute atomic E-state index is 0.00743. The second kappa shape index (κ2) is 11.5. The van der Waals surface area contributed by atoms with Gasteiger partial charge in [-0.2, -0.15) is 0 Å². The number of nitrogens with one attached hydrogen (secondary N) is 4. The van der Waals surface area contributed by atoms with Gasteiger partial charge in [-0.15, -0.1) is 0 Å². The Morgan fingerprint density at radius 2 is 1.81 bits per heavy atom. The zero-order chi connectivity index (χ0) is 19.4. The number of guanidine groups is 1. The Bertz CT molecular complexity index is 642. The minimum atomic E-state index is -0.327. The van der Waals surface area contributed by atoms with Gasteiger partial charge >= 0.3 is 5.97 Å². The number of nitrogen functional groups attached to an aromatic ring is 1. The molecule has 0 saturated carbocycles. The minimum Gasteiger partial charge on any atom is -0.466 e. The molecule has 0 radical (unpaired) electrons. The second-order valence-corrected chi connectivity index (χ2v) is 5.27. The van der Waals surface area contributed by atoms with Crippen LogP contribution in [0, 0.1) is 5.41 Å². The zero-order valence-corrected chi connectivity index (χ0v) is 15.1. The summed E-state index contributed by atoms with van der Waals surface area (Å²) in [5.41, 5.74) is 6.83. The number of carbonyl (C=O) groups is 2. The van der Waals surface area contributed by atoms with E-state index in [0.29, 0.717) is 24.7 Å². The molecule has 0 saturated heterocycles. The van der Waals surface area contributed by atoms with Gasteiger partial charge in [-0.1, -0.05) is 0 Å². The lowest BCUT2D eigenvalue weighted by molar-refractivity contribution is -0.143. The number of anilines is 1. The Kier molecular flexibility index (Phi) is 9.23. The molecule has 26 heavy (non-hydrogen) atoms. The number of amidine groups is 1. The zero-order valence-electron chi connectivity index (χ0n) is 15.1. The highest BCUT2D eigenvalue weighted by atomic mass is 16.5. The van der Waals surface area contributed by atoms with E-state index in [-0.39, 0.29) is 37.1 Å². The van der Waals surface area contributed by atoms with Crippen LogP contribution in [0.4, 0.5) is 5.69 Å². The number of ether oxygens (including phenoxy) is 1. The van der Waals surface area contributed by atoms with Crippen molar-refractivity contribution in [3.05, 3.63) is 29.8 Å². The SMILES string of the molecule is CCOC(=O)CCNC(=O)CCNC(=NC)Nc1ccc(C(=N)N)cc1. The maximum absolute atomic E-state index is 11.7. The summed E-state index contributed by atoms with van der Waals surface area (Å²) >= 11 is 0. The molecule has 1 amide bonds. The molecule has 0 aromatic heterocycles. The topological polar surface area (TPSA) is 142 Å². The van der Waals surface area contributed by atoms with Crippen LogP contribution in [-0.2, 0) is 14.3 Å². The summed E-state index contributed by atoms with van der Waals surface area (Å²) in [6.45, 7) is 2.71. The number of hydrogen-bond acceptors (Lipinski definition) is 5. The van der Waals surface area contributed by atoms with E-state index in [4.69, 9.17) is 15.9 Å². The predicted molar refractivity (Wildman–Crippen MR) is 101 cm³/mol. The van der Waals surface area contributed by atoms with Crippen molar-refractivity contribution in [1.29, 1.82) is 5.41 Å². The maximum atomic E-state index is 11.7. The Hall–Kier alpha value is -3.10. The molecule has 0 bridgehead atoms. The van der Waals surface area contributed by atoms with E-state index in [1.807, 2.05) is 0 Å². The molecule has 1 aromatic rings. The average molecular weight is 362 g/mol. The molecule has 1 aromatic carbocycles. The standard InChI is InChI=1S/C17H26N6O3/c1-3-26-15(25)9-11-21-14(24)8-10-22-17(20-2)23-13-6-4-12(5-7-13)16(18)19/h4-7H,3,8-11H2,1-2H3,(H3,18,19)(H,21,24)(H2,20,22,23). The van der Waals surface area contributed by atoms with Gasteiger partial charge in [-0.05, 0) is 31.2 Å². The molecule has 0 unspecified atom stereocenters. The Balaban J connectivity index is 2.30. The van der Waals surface area contributed by atoms with Crippen molar-refractivity contribution < 1.29 is 14.3 Å². The first-order valence-corrected chi connectivity index (χ1v) is 8.30. The van der Waals surface area contributed by atoms with Crippen LogP contribution in [-0.4, -0.2) is 50.4 Å². The van der Waals surface area contributed by atoms with E-state index in [1.54, 1.807) is 38.2 Å². The van der Waals surface area contributed by atoms with Crippen LogP contribution in [0.25, 0.3) is 0 Å². The number of hydrogen-bond donors (Lipinski definition) is 5. The number of esters is 1. The molecule has 0 aliphatic rings. The van der Waals surface area contributed by atoms with Gasteiger partial charge in [0.1, 0.15) is 5.84 Å². The lowest BCUT2D eigenvalue weighted by Crippen LogP contribution is -2.35. The summed E-state index contributed by atoms with van der Waals surface area (Å²) in [6, 6.07) is 7.03. The quantitative estimate of drug-likeness (QED) is 0.245. The molecular weight excluding hydrogens is 336 g/mol. The van der Waals surface area contributed by atoms with Crippen LogP contribution in [0.5, 0.6) is 0 Å². The smallest absolute Gasteiger partial charge is 0.307 e. The summed E-state index contributed by atoms with van der Waals surface area (Å²) in [5, 5.41) is 16.1. The Morgan fingerprint density at radius 1 is 1.15 bits per heavy atom. The number of rotatable bonds is 9. The van der Waals surface area contributed by atoms with E-state index in [0.717, 1.165) is 5.69 Å².